The first-order valence-electron chi connectivity index (χ1n) is 8.17. The normalized spacial score (nSPS) is 10.7. The van der Waals surface area contributed by atoms with Crippen molar-refractivity contribution >= 4 is 46.5 Å². The standard InChI is InChI=1S/C19H23ClN4S/c1-4-11-24(3)16-8-6-15(7-9-16)13-21-23-19(25)22-18-10-5-14(2)12-17(18)20/h5-10,12-13H,4,11H2,1-3H3,(H2,22,23,25)/b21-13-. The van der Waals surface area contributed by atoms with E-state index in [2.05, 4.69) is 46.8 Å². The molecule has 0 aliphatic heterocycles. The minimum absolute atomic E-state index is 0.390. The highest BCUT2D eigenvalue weighted by Gasteiger charge is 2.02. The van der Waals surface area contributed by atoms with Gasteiger partial charge in [-0.15, -0.1) is 0 Å². The van der Waals surface area contributed by atoms with Crippen LogP contribution in [0.25, 0.3) is 0 Å². The summed E-state index contributed by atoms with van der Waals surface area (Å²) in [4.78, 5) is 2.23. The average Bonchev–Trinajstić information content (AvgIpc) is 2.58. The van der Waals surface area contributed by atoms with Gasteiger partial charge in [-0.05, 0) is 61.0 Å². The Labute approximate surface area is 159 Å². The Morgan fingerprint density at radius 1 is 1.24 bits per heavy atom. The summed E-state index contributed by atoms with van der Waals surface area (Å²) < 4.78 is 0. The number of hydrogen-bond donors (Lipinski definition) is 2. The Morgan fingerprint density at radius 2 is 1.96 bits per heavy atom. The van der Waals surface area contributed by atoms with Gasteiger partial charge in [0, 0.05) is 19.3 Å². The molecule has 6 heteroatoms. The van der Waals surface area contributed by atoms with Crippen LogP contribution in [0.1, 0.15) is 24.5 Å². The number of halogens is 1. The van der Waals surface area contributed by atoms with Gasteiger partial charge in [-0.25, -0.2) is 0 Å². The molecule has 0 aliphatic rings. The van der Waals surface area contributed by atoms with Gasteiger partial charge in [-0.1, -0.05) is 36.7 Å². The molecule has 0 radical (unpaired) electrons. The zero-order valence-corrected chi connectivity index (χ0v) is 16.3. The summed E-state index contributed by atoms with van der Waals surface area (Å²) in [5, 5.41) is 8.21. The first-order chi connectivity index (χ1) is 12.0. The number of aryl methyl sites for hydroxylation is 1. The molecule has 25 heavy (non-hydrogen) atoms. The third-order valence-electron chi connectivity index (χ3n) is 3.65. The summed E-state index contributed by atoms with van der Waals surface area (Å²) in [6.07, 6.45) is 2.85. The molecule has 0 atom stereocenters. The third kappa shape index (κ3) is 6.03. The molecular formula is C19H23ClN4S. The van der Waals surface area contributed by atoms with E-state index in [1.165, 1.54) is 5.69 Å². The molecule has 0 fully saturated rings. The summed E-state index contributed by atoms with van der Waals surface area (Å²) in [5.74, 6) is 0. The predicted octanol–water partition coefficient (Wildman–Crippen LogP) is 4.82. The second-order valence-electron chi connectivity index (χ2n) is 5.82. The van der Waals surface area contributed by atoms with E-state index in [-0.39, 0.29) is 0 Å². The summed E-state index contributed by atoms with van der Waals surface area (Å²) in [5.41, 5.74) is 6.84. The number of benzene rings is 2. The Bertz CT molecular complexity index is 744. The molecule has 2 aromatic rings. The van der Waals surface area contributed by atoms with E-state index in [1.54, 1.807) is 6.21 Å². The van der Waals surface area contributed by atoms with E-state index < -0.39 is 0 Å². The van der Waals surface area contributed by atoms with Crippen LogP contribution in [0.2, 0.25) is 5.02 Å². The Hall–Kier alpha value is -2.11. The Morgan fingerprint density at radius 3 is 2.60 bits per heavy atom. The zero-order chi connectivity index (χ0) is 18.2. The fourth-order valence-corrected chi connectivity index (χ4v) is 2.76. The van der Waals surface area contributed by atoms with E-state index in [0.717, 1.165) is 29.8 Å². The maximum absolute atomic E-state index is 6.17. The highest BCUT2D eigenvalue weighted by atomic mass is 35.5. The van der Waals surface area contributed by atoms with Crippen LogP contribution in [0.15, 0.2) is 47.6 Å². The van der Waals surface area contributed by atoms with E-state index in [0.29, 0.717) is 10.1 Å². The lowest BCUT2D eigenvalue weighted by molar-refractivity contribution is 0.852. The molecular weight excluding hydrogens is 352 g/mol. The molecule has 0 amide bonds. The van der Waals surface area contributed by atoms with Crippen molar-refractivity contribution in [1.82, 2.24) is 5.43 Å². The molecule has 0 spiro atoms. The second-order valence-corrected chi connectivity index (χ2v) is 6.64. The maximum atomic E-state index is 6.17. The Kier molecular flexibility index (Phi) is 7.22. The molecule has 0 aromatic heterocycles. The van der Waals surface area contributed by atoms with Crippen LogP contribution in [-0.4, -0.2) is 24.9 Å². The van der Waals surface area contributed by atoms with Gasteiger partial charge in [0.1, 0.15) is 0 Å². The second kappa shape index (κ2) is 9.39. The minimum Gasteiger partial charge on any atom is -0.375 e. The number of anilines is 2. The lowest BCUT2D eigenvalue weighted by atomic mass is 10.2. The van der Waals surface area contributed by atoms with E-state index in [9.17, 15) is 0 Å². The molecule has 4 nitrogen and oxygen atoms in total. The van der Waals surface area contributed by atoms with Crippen LogP contribution >= 0.6 is 23.8 Å². The molecule has 0 heterocycles. The maximum Gasteiger partial charge on any atom is 0.191 e. The molecule has 2 rings (SSSR count). The van der Waals surface area contributed by atoms with Crippen molar-refractivity contribution in [2.75, 3.05) is 23.8 Å². The van der Waals surface area contributed by atoms with Gasteiger partial charge >= 0.3 is 0 Å². The smallest absolute Gasteiger partial charge is 0.191 e. The summed E-state index contributed by atoms with van der Waals surface area (Å²) in [7, 11) is 2.09. The van der Waals surface area contributed by atoms with Crippen molar-refractivity contribution in [3.63, 3.8) is 0 Å². The topological polar surface area (TPSA) is 39.7 Å². The number of nitrogens with one attached hydrogen (secondary N) is 2. The average molecular weight is 375 g/mol. The third-order valence-corrected chi connectivity index (χ3v) is 4.15. The molecule has 0 aliphatic carbocycles. The van der Waals surface area contributed by atoms with Crippen molar-refractivity contribution in [3.8, 4) is 0 Å². The van der Waals surface area contributed by atoms with Crippen molar-refractivity contribution in [3.05, 3.63) is 58.6 Å². The lowest BCUT2D eigenvalue weighted by Crippen LogP contribution is -2.24. The summed E-state index contributed by atoms with van der Waals surface area (Å²) in [6.45, 7) is 5.20. The summed E-state index contributed by atoms with van der Waals surface area (Å²) >= 11 is 11.4. The predicted molar refractivity (Wildman–Crippen MR) is 113 cm³/mol. The van der Waals surface area contributed by atoms with Crippen LogP contribution in [-0.2, 0) is 0 Å². The van der Waals surface area contributed by atoms with Crippen LogP contribution < -0.4 is 15.6 Å². The molecule has 0 saturated heterocycles. The number of rotatable bonds is 6. The van der Waals surface area contributed by atoms with Crippen LogP contribution in [0.3, 0.4) is 0 Å². The van der Waals surface area contributed by atoms with Crippen LogP contribution in [0.4, 0.5) is 11.4 Å². The SMILES string of the molecule is CCCN(C)c1ccc(/C=N\NC(=S)Nc2ccc(C)cc2Cl)cc1. The minimum atomic E-state index is 0.390. The van der Waals surface area contributed by atoms with Crippen molar-refractivity contribution in [1.29, 1.82) is 0 Å². The number of hydrazone groups is 1. The molecule has 0 unspecified atom stereocenters. The van der Waals surface area contributed by atoms with Gasteiger partial charge < -0.3 is 10.2 Å². The van der Waals surface area contributed by atoms with Crippen LogP contribution in [0, 0.1) is 6.92 Å². The zero-order valence-electron chi connectivity index (χ0n) is 14.7. The fourth-order valence-electron chi connectivity index (χ4n) is 2.32. The lowest BCUT2D eigenvalue weighted by Gasteiger charge is -2.18. The number of nitrogens with zero attached hydrogens (tertiary/aromatic N) is 2. The van der Waals surface area contributed by atoms with Gasteiger partial charge in [-0.3, -0.25) is 5.43 Å². The number of hydrogen-bond acceptors (Lipinski definition) is 3. The highest BCUT2D eigenvalue weighted by molar-refractivity contribution is 7.80. The van der Waals surface area contributed by atoms with Gasteiger partial charge in [0.15, 0.2) is 5.11 Å². The van der Waals surface area contributed by atoms with E-state index in [1.807, 2.05) is 37.3 Å². The Balaban J connectivity index is 1.88. The molecule has 0 bridgehead atoms. The van der Waals surface area contributed by atoms with Crippen molar-refractivity contribution in [2.24, 2.45) is 5.10 Å². The molecule has 2 aromatic carbocycles. The first kappa shape index (κ1) is 19.2. The highest BCUT2D eigenvalue weighted by Crippen LogP contribution is 2.22. The monoisotopic (exact) mass is 374 g/mol. The molecule has 0 saturated carbocycles. The van der Waals surface area contributed by atoms with Gasteiger partial charge in [-0.2, -0.15) is 5.10 Å². The quantitative estimate of drug-likeness (QED) is 0.432. The van der Waals surface area contributed by atoms with E-state index in [4.69, 9.17) is 23.8 Å². The van der Waals surface area contributed by atoms with Crippen molar-refractivity contribution in [2.45, 2.75) is 20.3 Å². The largest absolute Gasteiger partial charge is 0.375 e. The van der Waals surface area contributed by atoms with Gasteiger partial charge in [0.05, 0.1) is 16.9 Å². The van der Waals surface area contributed by atoms with E-state index >= 15 is 0 Å². The molecule has 132 valence electrons. The van der Waals surface area contributed by atoms with Gasteiger partial charge in [0.25, 0.3) is 0 Å². The number of thiocarbonyl (C=S) groups is 1. The van der Waals surface area contributed by atoms with Crippen molar-refractivity contribution < 1.29 is 0 Å². The fraction of sp³-hybridized carbons (Fsp3) is 0.263. The molecule has 2 N–H and O–H groups in total. The van der Waals surface area contributed by atoms with Crippen LogP contribution in [0.5, 0.6) is 0 Å². The first-order valence-corrected chi connectivity index (χ1v) is 8.95. The summed E-state index contributed by atoms with van der Waals surface area (Å²) in [6, 6.07) is 14.0. The van der Waals surface area contributed by atoms with Gasteiger partial charge in [0.2, 0.25) is 0 Å².